The fourth-order valence-electron chi connectivity index (χ4n) is 0.692. The second-order valence-corrected chi connectivity index (χ2v) is 2.51. The number of nitrogens with one attached hydrogen (secondary N) is 1. The molecule has 1 atom stereocenters. The summed E-state index contributed by atoms with van der Waals surface area (Å²) in [5.74, 6) is -3.65. The van der Waals surface area contributed by atoms with Gasteiger partial charge in [0.05, 0.1) is 6.61 Å². The van der Waals surface area contributed by atoms with E-state index < -0.39 is 11.9 Å². The Balaban J connectivity index is 0.000000226. The lowest BCUT2D eigenvalue weighted by molar-refractivity contribution is -0.159. The predicted molar refractivity (Wildman–Crippen MR) is 43.6 cm³/mol. The maximum Gasteiger partial charge on any atom is 0.414 e. The van der Waals surface area contributed by atoms with Crippen molar-refractivity contribution in [2.45, 2.75) is 12.5 Å². The zero-order valence-corrected chi connectivity index (χ0v) is 7.32. The Hall–Kier alpha value is -1.14. The van der Waals surface area contributed by atoms with Crippen LogP contribution < -0.4 is 5.32 Å². The molecule has 6 heteroatoms. The van der Waals surface area contributed by atoms with Gasteiger partial charge in [-0.2, -0.15) is 0 Å². The molecule has 0 amide bonds. The molecule has 3 N–H and O–H groups in total. The second kappa shape index (κ2) is 6.38. The number of ether oxygens (including phenoxy) is 1. The Kier molecular flexibility index (Phi) is 5.82. The van der Waals surface area contributed by atoms with E-state index >= 15 is 0 Å². The van der Waals surface area contributed by atoms with E-state index in [9.17, 15) is 0 Å². The summed E-state index contributed by atoms with van der Waals surface area (Å²) in [6.07, 6.45) is 1.29. The van der Waals surface area contributed by atoms with Crippen LogP contribution in [0.4, 0.5) is 0 Å². The molecule has 0 aromatic rings. The zero-order chi connectivity index (χ0) is 10.3. The third-order valence-electron chi connectivity index (χ3n) is 1.48. The van der Waals surface area contributed by atoms with E-state index in [4.69, 9.17) is 24.5 Å². The molecule has 0 bridgehead atoms. The molecular weight excluding hydrogens is 178 g/mol. The summed E-state index contributed by atoms with van der Waals surface area (Å²) in [4.78, 5) is 18.2. The van der Waals surface area contributed by atoms with Gasteiger partial charge in [-0.05, 0) is 13.0 Å². The van der Waals surface area contributed by atoms with Crippen LogP contribution in [-0.2, 0) is 14.3 Å². The summed E-state index contributed by atoms with van der Waals surface area (Å²) in [6, 6.07) is 0.657. The van der Waals surface area contributed by atoms with Gasteiger partial charge in [0.1, 0.15) is 0 Å². The predicted octanol–water partition coefficient (Wildman–Crippen LogP) is -0.850. The first-order chi connectivity index (χ1) is 6.07. The number of hydrogen-bond acceptors (Lipinski definition) is 4. The summed E-state index contributed by atoms with van der Waals surface area (Å²) in [7, 11) is 1.74. The van der Waals surface area contributed by atoms with Crippen LogP contribution in [0.1, 0.15) is 6.42 Å². The van der Waals surface area contributed by atoms with E-state index in [1.807, 2.05) is 0 Å². The molecule has 76 valence electrons. The Morgan fingerprint density at radius 1 is 1.46 bits per heavy atom. The minimum atomic E-state index is -1.82. The van der Waals surface area contributed by atoms with E-state index in [1.54, 1.807) is 7.11 Å². The maximum atomic E-state index is 9.10. The lowest BCUT2D eigenvalue weighted by Gasteiger charge is -2.26. The highest BCUT2D eigenvalue weighted by atomic mass is 16.5. The van der Waals surface area contributed by atoms with Crippen molar-refractivity contribution in [3.8, 4) is 0 Å². The average molecular weight is 191 g/mol. The standard InChI is InChI=1S/C5H11NO.C2H2O4/c1-7-4-5-2-3-6-5;3-1(4)2(5)6/h5-6H,2-4H2,1H3;(H,3,4)(H,5,6). The molecule has 1 rings (SSSR count). The number of carbonyl (C=O) groups is 2. The first-order valence-corrected chi connectivity index (χ1v) is 3.76. The lowest BCUT2D eigenvalue weighted by Crippen LogP contribution is -2.45. The van der Waals surface area contributed by atoms with Crippen LogP contribution in [0.25, 0.3) is 0 Å². The third-order valence-corrected chi connectivity index (χ3v) is 1.48. The molecule has 0 radical (unpaired) electrons. The molecule has 1 aliphatic rings. The number of hydrogen-bond donors (Lipinski definition) is 3. The van der Waals surface area contributed by atoms with Crippen LogP contribution in [0, 0.1) is 0 Å². The van der Waals surface area contributed by atoms with E-state index in [1.165, 1.54) is 13.0 Å². The van der Waals surface area contributed by atoms with Gasteiger partial charge in [-0.3, -0.25) is 0 Å². The summed E-state index contributed by atoms with van der Waals surface area (Å²) in [5.41, 5.74) is 0. The second-order valence-electron chi connectivity index (χ2n) is 2.51. The first kappa shape index (κ1) is 11.9. The van der Waals surface area contributed by atoms with E-state index in [-0.39, 0.29) is 0 Å². The van der Waals surface area contributed by atoms with Gasteiger partial charge < -0.3 is 20.3 Å². The molecule has 1 fully saturated rings. The molecule has 0 aromatic carbocycles. The van der Waals surface area contributed by atoms with Gasteiger partial charge in [-0.1, -0.05) is 0 Å². The van der Waals surface area contributed by atoms with Gasteiger partial charge in [-0.15, -0.1) is 0 Å². The van der Waals surface area contributed by atoms with Crippen molar-refractivity contribution < 1.29 is 24.5 Å². The topological polar surface area (TPSA) is 95.9 Å². The van der Waals surface area contributed by atoms with Crippen LogP contribution in [-0.4, -0.2) is 48.5 Å². The zero-order valence-electron chi connectivity index (χ0n) is 7.32. The minimum absolute atomic E-state index is 0.657. The summed E-state index contributed by atoms with van der Waals surface area (Å²) in [6.45, 7) is 2.05. The molecule has 1 aliphatic heterocycles. The smallest absolute Gasteiger partial charge is 0.414 e. The molecule has 0 saturated carbocycles. The molecule has 1 unspecified atom stereocenters. The average Bonchev–Trinajstić information content (AvgIpc) is 1.98. The molecule has 0 spiro atoms. The Labute approximate surface area is 75.5 Å². The highest BCUT2D eigenvalue weighted by molar-refractivity contribution is 6.27. The first-order valence-electron chi connectivity index (χ1n) is 3.76. The number of aliphatic carboxylic acids is 2. The minimum Gasteiger partial charge on any atom is -0.473 e. The van der Waals surface area contributed by atoms with Gasteiger partial charge in [-0.25, -0.2) is 9.59 Å². The Morgan fingerprint density at radius 2 is 1.92 bits per heavy atom. The molecule has 0 aromatic heterocycles. The van der Waals surface area contributed by atoms with Crippen LogP contribution in [0.2, 0.25) is 0 Å². The number of methoxy groups -OCH3 is 1. The maximum absolute atomic E-state index is 9.10. The van der Waals surface area contributed by atoms with Crippen molar-refractivity contribution >= 4 is 11.9 Å². The van der Waals surface area contributed by atoms with Crippen LogP contribution in [0.3, 0.4) is 0 Å². The van der Waals surface area contributed by atoms with Crippen molar-refractivity contribution in [1.82, 2.24) is 5.32 Å². The van der Waals surface area contributed by atoms with E-state index in [0.717, 1.165) is 6.61 Å². The van der Waals surface area contributed by atoms with Crippen molar-refractivity contribution in [3.63, 3.8) is 0 Å². The summed E-state index contributed by atoms with van der Waals surface area (Å²) in [5, 5.41) is 18.0. The Morgan fingerprint density at radius 3 is 2.00 bits per heavy atom. The molecule has 13 heavy (non-hydrogen) atoms. The lowest BCUT2D eigenvalue weighted by atomic mass is 10.1. The van der Waals surface area contributed by atoms with Crippen molar-refractivity contribution in [2.75, 3.05) is 20.3 Å². The quantitative estimate of drug-likeness (QED) is 0.492. The van der Waals surface area contributed by atoms with Crippen molar-refractivity contribution in [1.29, 1.82) is 0 Å². The highest BCUT2D eigenvalue weighted by Gasteiger charge is 2.14. The van der Waals surface area contributed by atoms with Gasteiger partial charge in [0, 0.05) is 13.2 Å². The molecule has 6 nitrogen and oxygen atoms in total. The SMILES string of the molecule is COCC1CCN1.O=C(O)C(=O)O. The third kappa shape index (κ3) is 6.06. The van der Waals surface area contributed by atoms with Crippen molar-refractivity contribution in [2.24, 2.45) is 0 Å². The van der Waals surface area contributed by atoms with Crippen LogP contribution >= 0.6 is 0 Å². The van der Waals surface area contributed by atoms with E-state index in [0.29, 0.717) is 6.04 Å². The fraction of sp³-hybridized carbons (Fsp3) is 0.714. The fourth-order valence-corrected chi connectivity index (χ4v) is 0.692. The Bertz CT molecular complexity index is 166. The van der Waals surface area contributed by atoms with Crippen LogP contribution in [0.5, 0.6) is 0 Å². The van der Waals surface area contributed by atoms with Crippen LogP contribution in [0.15, 0.2) is 0 Å². The van der Waals surface area contributed by atoms with Crippen molar-refractivity contribution in [3.05, 3.63) is 0 Å². The number of rotatable bonds is 2. The number of carboxylic acid groups (broad SMARTS) is 2. The number of carboxylic acids is 2. The van der Waals surface area contributed by atoms with Gasteiger partial charge in [0.2, 0.25) is 0 Å². The van der Waals surface area contributed by atoms with Gasteiger partial charge in [0.15, 0.2) is 0 Å². The molecule has 0 aliphatic carbocycles. The molecular formula is C7H13NO5. The van der Waals surface area contributed by atoms with E-state index in [2.05, 4.69) is 5.32 Å². The monoisotopic (exact) mass is 191 g/mol. The highest BCUT2D eigenvalue weighted by Crippen LogP contribution is 1.99. The largest absolute Gasteiger partial charge is 0.473 e. The summed E-state index contributed by atoms with van der Waals surface area (Å²) < 4.78 is 4.88. The van der Waals surface area contributed by atoms with Gasteiger partial charge >= 0.3 is 11.9 Å². The van der Waals surface area contributed by atoms with Gasteiger partial charge in [0.25, 0.3) is 0 Å². The molecule has 1 heterocycles. The normalized spacial score (nSPS) is 19.3. The molecule has 1 saturated heterocycles. The summed E-state index contributed by atoms with van der Waals surface area (Å²) >= 11 is 0.